The number of carbonyl (C=O) groups excluding carboxylic acids is 1. The molecule has 0 unspecified atom stereocenters. The number of nitrogens with one attached hydrogen (secondary N) is 1. The molecule has 64 valence electrons. The Morgan fingerprint density at radius 3 is 2.92 bits per heavy atom. The summed E-state index contributed by atoms with van der Waals surface area (Å²) >= 11 is 0. The van der Waals surface area contributed by atoms with Gasteiger partial charge in [0.15, 0.2) is 0 Å². The average molecular weight is 171 g/mol. The van der Waals surface area contributed by atoms with E-state index in [0.717, 1.165) is 0 Å². The van der Waals surface area contributed by atoms with Gasteiger partial charge in [-0.05, 0) is 0 Å². The van der Waals surface area contributed by atoms with Crippen LogP contribution in [0.5, 0.6) is 5.88 Å². The van der Waals surface area contributed by atoms with Gasteiger partial charge in [0.05, 0.1) is 0 Å². The van der Waals surface area contributed by atoms with Crippen LogP contribution in [0.1, 0.15) is 6.42 Å². The molecule has 0 saturated carbocycles. The van der Waals surface area contributed by atoms with Gasteiger partial charge in [-0.15, -0.1) is 5.10 Å². The van der Waals surface area contributed by atoms with Crippen molar-refractivity contribution in [3.63, 3.8) is 0 Å². The summed E-state index contributed by atoms with van der Waals surface area (Å²) < 4.78 is 4.44. The van der Waals surface area contributed by atoms with Gasteiger partial charge in [0.2, 0.25) is 0 Å². The van der Waals surface area contributed by atoms with E-state index in [1.807, 2.05) is 0 Å². The number of aromatic amines is 1. The lowest BCUT2D eigenvalue weighted by Gasteiger charge is -1.94. The van der Waals surface area contributed by atoms with Crippen LogP contribution in [0.4, 0.5) is 0 Å². The summed E-state index contributed by atoms with van der Waals surface area (Å²) in [4.78, 5) is 20.6. The number of rotatable bonds is 3. The van der Waals surface area contributed by atoms with E-state index in [-0.39, 0.29) is 5.88 Å². The molecular formula is C5H5N3O4. The molecule has 1 rings (SSSR count). The number of carbonyl (C=O) groups is 2. The van der Waals surface area contributed by atoms with Gasteiger partial charge in [-0.3, -0.25) is 9.59 Å². The van der Waals surface area contributed by atoms with E-state index in [1.54, 1.807) is 0 Å². The van der Waals surface area contributed by atoms with Crippen molar-refractivity contribution in [1.29, 1.82) is 0 Å². The molecule has 7 heteroatoms. The van der Waals surface area contributed by atoms with Crippen molar-refractivity contribution in [2.45, 2.75) is 6.42 Å². The Hall–Kier alpha value is -1.92. The quantitative estimate of drug-likeness (QED) is 0.455. The second-order valence-electron chi connectivity index (χ2n) is 1.85. The average Bonchev–Trinajstić information content (AvgIpc) is 2.37. The molecule has 1 aromatic rings. The van der Waals surface area contributed by atoms with Gasteiger partial charge in [-0.25, -0.2) is 0 Å². The summed E-state index contributed by atoms with van der Waals surface area (Å²) in [7, 11) is 0. The van der Waals surface area contributed by atoms with Gasteiger partial charge in [-0.1, -0.05) is 0 Å². The van der Waals surface area contributed by atoms with Crippen molar-refractivity contribution >= 4 is 11.9 Å². The fraction of sp³-hybridized carbons (Fsp3) is 0.200. The highest BCUT2D eigenvalue weighted by Gasteiger charge is 2.10. The summed E-state index contributed by atoms with van der Waals surface area (Å²) in [6.45, 7) is 0. The summed E-state index contributed by atoms with van der Waals surface area (Å²) in [5, 5.41) is 17.1. The molecule has 0 bridgehead atoms. The fourth-order valence-electron chi connectivity index (χ4n) is 0.516. The number of ether oxygens (including phenoxy) is 1. The molecule has 0 aliphatic heterocycles. The summed E-state index contributed by atoms with van der Waals surface area (Å²) in [6, 6.07) is 0. The molecule has 0 atom stereocenters. The van der Waals surface area contributed by atoms with Crippen molar-refractivity contribution in [1.82, 2.24) is 15.4 Å². The van der Waals surface area contributed by atoms with Crippen LogP contribution in [-0.2, 0) is 9.59 Å². The second-order valence-corrected chi connectivity index (χ2v) is 1.85. The first-order valence-corrected chi connectivity index (χ1v) is 2.96. The Balaban J connectivity index is 2.42. The zero-order valence-electron chi connectivity index (χ0n) is 5.85. The van der Waals surface area contributed by atoms with Gasteiger partial charge in [0, 0.05) is 0 Å². The van der Waals surface area contributed by atoms with Crippen LogP contribution < -0.4 is 4.74 Å². The van der Waals surface area contributed by atoms with E-state index >= 15 is 0 Å². The number of esters is 1. The van der Waals surface area contributed by atoms with Crippen LogP contribution in [0.2, 0.25) is 0 Å². The third kappa shape index (κ3) is 2.37. The van der Waals surface area contributed by atoms with E-state index in [1.165, 1.54) is 6.20 Å². The number of aliphatic carboxylic acids is 1. The first-order chi connectivity index (χ1) is 5.68. The van der Waals surface area contributed by atoms with Gasteiger partial charge in [0.25, 0.3) is 5.88 Å². The third-order valence-corrected chi connectivity index (χ3v) is 0.907. The maximum Gasteiger partial charge on any atom is 0.323 e. The molecule has 12 heavy (non-hydrogen) atoms. The van der Waals surface area contributed by atoms with Gasteiger partial charge < -0.3 is 9.84 Å². The van der Waals surface area contributed by atoms with Gasteiger partial charge in [-0.2, -0.15) is 10.3 Å². The molecule has 2 N–H and O–H groups in total. The molecular weight excluding hydrogens is 166 g/mol. The van der Waals surface area contributed by atoms with Crippen LogP contribution in [0.3, 0.4) is 0 Å². The number of aromatic nitrogens is 3. The van der Waals surface area contributed by atoms with E-state index in [9.17, 15) is 9.59 Å². The molecule has 1 heterocycles. The molecule has 0 aliphatic carbocycles. The Morgan fingerprint density at radius 1 is 1.67 bits per heavy atom. The van der Waals surface area contributed by atoms with Crippen molar-refractivity contribution < 1.29 is 19.4 Å². The van der Waals surface area contributed by atoms with E-state index in [2.05, 4.69) is 20.1 Å². The highest BCUT2D eigenvalue weighted by Crippen LogP contribution is 2.00. The van der Waals surface area contributed by atoms with E-state index in [0.29, 0.717) is 0 Å². The summed E-state index contributed by atoms with van der Waals surface area (Å²) in [5.41, 5.74) is 0. The first-order valence-electron chi connectivity index (χ1n) is 2.96. The zero-order valence-corrected chi connectivity index (χ0v) is 5.85. The predicted octanol–water partition coefficient (Wildman–Crippen LogP) is -0.815. The number of carboxylic acid groups (broad SMARTS) is 1. The van der Waals surface area contributed by atoms with Crippen LogP contribution in [0.25, 0.3) is 0 Å². The third-order valence-electron chi connectivity index (χ3n) is 0.907. The maximum atomic E-state index is 10.6. The van der Waals surface area contributed by atoms with Crippen LogP contribution in [-0.4, -0.2) is 32.5 Å². The Kier molecular flexibility index (Phi) is 2.36. The molecule has 0 amide bonds. The topological polar surface area (TPSA) is 105 Å². The van der Waals surface area contributed by atoms with Gasteiger partial charge in [0.1, 0.15) is 12.6 Å². The number of nitrogens with zero attached hydrogens (tertiary/aromatic N) is 2. The summed E-state index contributed by atoms with van der Waals surface area (Å²) in [5.74, 6) is -2.17. The monoisotopic (exact) mass is 171 g/mol. The van der Waals surface area contributed by atoms with Crippen LogP contribution in [0, 0.1) is 0 Å². The van der Waals surface area contributed by atoms with Crippen LogP contribution >= 0.6 is 0 Å². The lowest BCUT2D eigenvalue weighted by Crippen LogP contribution is -2.13. The Labute approximate surface area is 66.3 Å². The number of H-pyrrole nitrogens is 1. The van der Waals surface area contributed by atoms with Crippen molar-refractivity contribution in [2.75, 3.05) is 0 Å². The lowest BCUT2D eigenvalue weighted by molar-refractivity contribution is -0.145. The largest absolute Gasteiger partial charge is 0.481 e. The first kappa shape index (κ1) is 8.18. The second kappa shape index (κ2) is 3.46. The van der Waals surface area contributed by atoms with Crippen molar-refractivity contribution in [3.05, 3.63) is 6.20 Å². The Morgan fingerprint density at radius 2 is 2.42 bits per heavy atom. The fourth-order valence-corrected chi connectivity index (χ4v) is 0.516. The lowest BCUT2D eigenvalue weighted by atomic mass is 10.4. The SMILES string of the molecule is O=C(O)CC(=O)Oc1cn[nH]n1. The highest BCUT2D eigenvalue weighted by atomic mass is 16.5. The Bertz CT molecular complexity index is 281. The molecule has 7 nitrogen and oxygen atoms in total. The predicted molar refractivity (Wildman–Crippen MR) is 34.3 cm³/mol. The molecule has 0 aromatic carbocycles. The number of hydrogen-bond acceptors (Lipinski definition) is 5. The highest BCUT2D eigenvalue weighted by molar-refractivity contribution is 5.90. The number of hydrogen-bond donors (Lipinski definition) is 2. The molecule has 1 aromatic heterocycles. The minimum Gasteiger partial charge on any atom is -0.481 e. The van der Waals surface area contributed by atoms with Crippen LogP contribution in [0.15, 0.2) is 6.20 Å². The smallest absolute Gasteiger partial charge is 0.323 e. The van der Waals surface area contributed by atoms with E-state index < -0.39 is 18.4 Å². The zero-order chi connectivity index (χ0) is 8.97. The molecule has 0 spiro atoms. The van der Waals surface area contributed by atoms with Gasteiger partial charge >= 0.3 is 11.9 Å². The standard InChI is InChI=1S/C5H5N3O4/c9-4(10)1-5(11)12-3-2-6-8-7-3/h2H,1H2,(H,9,10)(H,6,7,8). The normalized spacial score (nSPS) is 9.33. The van der Waals surface area contributed by atoms with Crippen molar-refractivity contribution in [2.24, 2.45) is 0 Å². The molecule has 0 radical (unpaired) electrons. The molecule has 0 aliphatic rings. The van der Waals surface area contributed by atoms with Crippen molar-refractivity contribution in [3.8, 4) is 5.88 Å². The minimum absolute atomic E-state index is 0.0405. The maximum absolute atomic E-state index is 10.6. The number of carboxylic acids is 1. The van der Waals surface area contributed by atoms with E-state index in [4.69, 9.17) is 5.11 Å². The molecule has 0 fully saturated rings. The minimum atomic E-state index is -1.25. The molecule has 0 saturated heterocycles. The summed E-state index contributed by atoms with van der Waals surface area (Å²) in [6.07, 6.45) is 0.479.